The number of hydrogen-bond donors (Lipinski definition) is 2. The minimum absolute atomic E-state index is 0.266. The minimum Gasteiger partial charge on any atom is -0.497 e. The number of benzene rings is 2. The highest BCUT2D eigenvalue weighted by atomic mass is 35.5. The van der Waals surface area contributed by atoms with Crippen molar-refractivity contribution in [1.29, 1.82) is 0 Å². The number of carbonyl (C=O) groups excluding carboxylic acids is 1. The van der Waals surface area contributed by atoms with Gasteiger partial charge in [0, 0.05) is 35.9 Å². The van der Waals surface area contributed by atoms with Crippen LogP contribution in [-0.4, -0.2) is 63.3 Å². The van der Waals surface area contributed by atoms with Gasteiger partial charge in [-0.05, 0) is 48.9 Å². The van der Waals surface area contributed by atoms with Crippen molar-refractivity contribution < 1.29 is 14.3 Å². The number of nitrogens with one attached hydrogen (secondary N) is 2. The molecule has 30 heavy (non-hydrogen) atoms. The van der Waals surface area contributed by atoms with Crippen molar-refractivity contribution in [3.8, 4) is 5.75 Å². The average molecular weight is 431 g/mol. The fraction of sp³-hybridized carbons (Fsp3) is 0.364. The highest BCUT2D eigenvalue weighted by Gasteiger charge is 2.13. The maximum absolute atomic E-state index is 12.8. The van der Waals surface area contributed by atoms with E-state index >= 15 is 0 Å². The molecule has 0 saturated carbocycles. The first-order valence-electron chi connectivity index (χ1n) is 9.88. The first kappa shape index (κ1) is 22.1. The summed E-state index contributed by atoms with van der Waals surface area (Å²) in [7, 11) is 1.57. The van der Waals surface area contributed by atoms with Gasteiger partial charge in [-0.1, -0.05) is 17.7 Å². The lowest BCUT2D eigenvalue weighted by atomic mass is 10.2. The lowest BCUT2D eigenvalue weighted by molar-refractivity contribution is 0.0394. The first-order valence-corrected chi connectivity index (χ1v) is 10.3. The van der Waals surface area contributed by atoms with Crippen molar-refractivity contribution in [2.45, 2.75) is 6.92 Å². The Morgan fingerprint density at radius 1 is 1.23 bits per heavy atom. The second-order valence-corrected chi connectivity index (χ2v) is 7.39. The number of halogens is 1. The number of aryl methyl sites for hydroxylation is 1. The van der Waals surface area contributed by atoms with Crippen LogP contribution in [0.4, 0.5) is 5.69 Å². The number of morpholine rings is 1. The number of amides is 1. The summed E-state index contributed by atoms with van der Waals surface area (Å²) in [5, 5.41) is 6.76. The molecule has 1 amide bonds. The Hall–Kier alpha value is -2.61. The maximum Gasteiger partial charge on any atom is 0.258 e. The van der Waals surface area contributed by atoms with E-state index < -0.39 is 0 Å². The molecule has 0 unspecified atom stereocenters. The lowest BCUT2D eigenvalue weighted by Gasteiger charge is -2.25. The Kier molecular flexibility index (Phi) is 8.07. The van der Waals surface area contributed by atoms with E-state index in [0.717, 1.165) is 44.1 Å². The van der Waals surface area contributed by atoms with E-state index in [2.05, 4.69) is 20.5 Å². The van der Waals surface area contributed by atoms with E-state index in [9.17, 15) is 4.79 Å². The van der Waals surface area contributed by atoms with Crippen molar-refractivity contribution in [1.82, 2.24) is 10.2 Å². The number of nitrogens with zero attached hydrogens (tertiary/aromatic N) is 2. The van der Waals surface area contributed by atoms with Gasteiger partial charge in [-0.15, -0.1) is 0 Å². The Morgan fingerprint density at radius 3 is 2.77 bits per heavy atom. The molecule has 7 nitrogen and oxygen atoms in total. The third kappa shape index (κ3) is 6.45. The van der Waals surface area contributed by atoms with Gasteiger partial charge in [0.1, 0.15) is 5.75 Å². The summed E-state index contributed by atoms with van der Waals surface area (Å²) in [6, 6.07) is 12.5. The fourth-order valence-corrected chi connectivity index (χ4v) is 3.30. The molecule has 160 valence electrons. The molecule has 0 aliphatic carbocycles. The van der Waals surface area contributed by atoms with Gasteiger partial charge in [-0.2, -0.15) is 0 Å². The van der Waals surface area contributed by atoms with E-state index in [1.165, 1.54) is 0 Å². The molecule has 2 aromatic carbocycles. The standard InChI is InChI=1S/C22H27ClN4O3/c1-16-14-18(23)6-7-20(16)25-22(24-8-9-27-10-12-30-13-11-27)26-21(28)17-4-3-5-19(15-17)29-2/h3-7,14-15H,8-13H2,1-2H3,(H2,24,25,26,28). The molecule has 1 heterocycles. The second kappa shape index (κ2) is 11.0. The van der Waals surface area contributed by atoms with Gasteiger partial charge in [0.05, 0.1) is 26.9 Å². The van der Waals surface area contributed by atoms with Crippen LogP contribution in [0.3, 0.4) is 0 Å². The number of anilines is 1. The summed E-state index contributed by atoms with van der Waals surface area (Å²) in [6.45, 7) is 6.56. The number of hydrogen-bond acceptors (Lipinski definition) is 5. The molecule has 1 fully saturated rings. The van der Waals surface area contributed by atoms with E-state index in [1.807, 2.05) is 19.1 Å². The molecular formula is C22H27ClN4O3. The van der Waals surface area contributed by atoms with Crippen molar-refractivity contribution >= 4 is 29.2 Å². The molecule has 0 bridgehead atoms. The molecule has 0 aromatic heterocycles. The smallest absolute Gasteiger partial charge is 0.258 e. The molecule has 8 heteroatoms. The van der Waals surface area contributed by atoms with Crippen LogP contribution < -0.4 is 15.4 Å². The number of methoxy groups -OCH3 is 1. The van der Waals surface area contributed by atoms with Crippen molar-refractivity contribution in [3.63, 3.8) is 0 Å². The Morgan fingerprint density at radius 2 is 2.03 bits per heavy atom. The van der Waals surface area contributed by atoms with Crippen LogP contribution >= 0.6 is 11.6 Å². The first-order chi connectivity index (χ1) is 14.5. The summed E-state index contributed by atoms with van der Waals surface area (Å²) in [5.74, 6) is 0.745. The molecule has 0 spiro atoms. The largest absolute Gasteiger partial charge is 0.497 e. The van der Waals surface area contributed by atoms with Crippen molar-refractivity contribution in [3.05, 3.63) is 58.6 Å². The Labute approximate surface area is 182 Å². The predicted octanol–water partition coefficient (Wildman–Crippen LogP) is 3.19. The minimum atomic E-state index is -0.266. The van der Waals surface area contributed by atoms with Gasteiger partial charge in [0.15, 0.2) is 0 Å². The zero-order chi connectivity index (χ0) is 21.3. The van der Waals surface area contributed by atoms with E-state index in [4.69, 9.17) is 21.1 Å². The normalized spacial score (nSPS) is 15.0. The van der Waals surface area contributed by atoms with E-state index in [-0.39, 0.29) is 5.91 Å². The average Bonchev–Trinajstić information content (AvgIpc) is 2.76. The fourth-order valence-electron chi connectivity index (χ4n) is 3.08. The summed E-state index contributed by atoms with van der Waals surface area (Å²) in [4.78, 5) is 19.7. The highest BCUT2D eigenvalue weighted by Crippen LogP contribution is 2.19. The third-order valence-corrected chi connectivity index (χ3v) is 5.03. The van der Waals surface area contributed by atoms with Gasteiger partial charge in [0.25, 0.3) is 5.91 Å². The molecule has 1 aliphatic heterocycles. The number of guanidine groups is 1. The highest BCUT2D eigenvalue weighted by molar-refractivity contribution is 6.30. The van der Waals surface area contributed by atoms with Crippen LogP contribution in [0, 0.1) is 6.92 Å². The third-order valence-electron chi connectivity index (χ3n) is 4.80. The van der Waals surface area contributed by atoms with Crippen LogP contribution in [0.25, 0.3) is 0 Å². The van der Waals surface area contributed by atoms with Gasteiger partial charge in [-0.25, -0.2) is 0 Å². The Bertz CT molecular complexity index is 898. The summed E-state index contributed by atoms with van der Waals surface area (Å²) in [5.41, 5.74) is 2.28. The van der Waals surface area contributed by atoms with Gasteiger partial charge < -0.3 is 14.8 Å². The van der Waals surface area contributed by atoms with Gasteiger partial charge in [0.2, 0.25) is 5.96 Å². The Balaban J connectivity index is 1.73. The zero-order valence-corrected chi connectivity index (χ0v) is 18.0. The zero-order valence-electron chi connectivity index (χ0n) is 17.3. The van der Waals surface area contributed by atoms with Crippen molar-refractivity contribution in [2.24, 2.45) is 4.99 Å². The number of aliphatic imine (C=N–C) groups is 1. The van der Waals surface area contributed by atoms with Crippen LogP contribution in [0.15, 0.2) is 47.5 Å². The van der Waals surface area contributed by atoms with Crippen LogP contribution in [0.5, 0.6) is 5.75 Å². The summed E-state index contributed by atoms with van der Waals surface area (Å²) < 4.78 is 10.6. The number of carbonyl (C=O) groups is 1. The topological polar surface area (TPSA) is 75.2 Å². The molecule has 2 N–H and O–H groups in total. The molecule has 3 rings (SSSR count). The molecule has 1 aliphatic rings. The van der Waals surface area contributed by atoms with E-state index in [0.29, 0.717) is 28.8 Å². The summed E-state index contributed by atoms with van der Waals surface area (Å²) in [6.07, 6.45) is 0. The lowest BCUT2D eigenvalue weighted by Crippen LogP contribution is -2.39. The van der Waals surface area contributed by atoms with Crippen LogP contribution in [0.2, 0.25) is 5.02 Å². The molecule has 2 aromatic rings. The number of rotatable bonds is 6. The molecular weight excluding hydrogens is 404 g/mol. The monoisotopic (exact) mass is 430 g/mol. The summed E-state index contributed by atoms with van der Waals surface area (Å²) >= 11 is 6.06. The molecule has 1 saturated heterocycles. The maximum atomic E-state index is 12.8. The SMILES string of the molecule is COc1cccc(C(=O)NC(=NCCN2CCOCC2)Nc2ccc(Cl)cc2C)c1. The molecule has 0 radical (unpaired) electrons. The van der Waals surface area contributed by atoms with Gasteiger partial charge >= 0.3 is 0 Å². The van der Waals surface area contributed by atoms with Crippen LogP contribution in [-0.2, 0) is 4.74 Å². The second-order valence-electron chi connectivity index (χ2n) is 6.95. The van der Waals surface area contributed by atoms with Crippen LogP contribution in [0.1, 0.15) is 15.9 Å². The predicted molar refractivity (Wildman–Crippen MR) is 120 cm³/mol. The van der Waals surface area contributed by atoms with Gasteiger partial charge in [-0.3, -0.25) is 20.0 Å². The number of ether oxygens (including phenoxy) is 2. The molecule has 0 atom stereocenters. The quantitative estimate of drug-likeness (QED) is 0.543. The van der Waals surface area contributed by atoms with E-state index in [1.54, 1.807) is 37.4 Å². The van der Waals surface area contributed by atoms with Crippen molar-refractivity contribution in [2.75, 3.05) is 51.8 Å².